The fraction of sp³-hybridized carbons (Fsp3) is 0.706. The summed E-state index contributed by atoms with van der Waals surface area (Å²) in [6.07, 6.45) is 6.00. The van der Waals surface area contributed by atoms with Crippen LogP contribution in [0.4, 0.5) is 0 Å². The number of aromatic nitrogens is 2. The number of ether oxygens (including phenoxy) is 1. The van der Waals surface area contributed by atoms with Crippen molar-refractivity contribution in [3.8, 4) is 5.88 Å². The maximum Gasteiger partial charge on any atom is 0.414 e. The molecule has 0 fully saturated rings. The third-order valence-electron chi connectivity index (χ3n) is 4.09. The van der Waals surface area contributed by atoms with Crippen LogP contribution in [-0.2, 0) is 22.6 Å². The van der Waals surface area contributed by atoms with Crippen LogP contribution in [0.5, 0.6) is 5.88 Å². The van der Waals surface area contributed by atoms with E-state index in [1.807, 2.05) is 0 Å². The molecule has 0 unspecified atom stereocenters. The van der Waals surface area contributed by atoms with Gasteiger partial charge in [0.05, 0.1) is 6.61 Å². The van der Waals surface area contributed by atoms with Gasteiger partial charge in [-0.1, -0.05) is 13.8 Å². The smallest absolute Gasteiger partial charge is 0.414 e. The first-order chi connectivity index (χ1) is 12.0. The number of fused-ring (bicyclic) bond motifs is 1. The summed E-state index contributed by atoms with van der Waals surface area (Å²) >= 11 is 0. The topological polar surface area (TPSA) is 105 Å². The zero-order valence-electron chi connectivity index (χ0n) is 15.1. The minimum atomic E-state index is -1.82. The van der Waals surface area contributed by atoms with Gasteiger partial charge in [-0.15, -0.1) is 5.10 Å². The van der Waals surface area contributed by atoms with Gasteiger partial charge in [0.1, 0.15) is 0 Å². The molecule has 1 aromatic heterocycles. The molecular weight excluding hydrogens is 326 g/mol. The number of unbranched alkanes of at least 4 members (excludes halogenated alkanes) is 1. The molecule has 2 rings (SSSR count). The van der Waals surface area contributed by atoms with Gasteiger partial charge in [0.2, 0.25) is 5.88 Å². The maximum absolute atomic E-state index is 9.10. The van der Waals surface area contributed by atoms with Crippen molar-refractivity contribution in [1.29, 1.82) is 0 Å². The number of carboxylic acid groups (broad SMARTS) is 2. The molecule has 2 N–H and O–H groups in total. The number of nitrogens with zero attached hydrogens (tertiary/aromatic N) is 3. The second kappa shape index (κ2) is 11.5. The molecule has 0 aromatic carbocycles. The van der Waals surface area contributed by atoms with Crippen molar-refractivity contribution in [2.45, 2.75) is 52.5 Å². The van der Waals surface area contributed by atoms with Crippen LogP contribution in [0.3, 0.4) is 0 Å². The molecule has 1 aromatic rings. The first-order valence-electron chi connectivity index (χ1n) is 8.86. The van der Waals surface area contributed by atoms with Gasteiger partial charge in [0, 0.05) is 18.3 Å². The lowest BCUT2D eigenvalue weighted by molar-refractivity contribution is -0.159. The van der Waals surface area contributed by atoms with E-state index in [1.54, 1.807) is 0 Å². The Morgan fingerprint density at radius 3 is 2.44 bits per heavy atom. The second-order valence-corrected chi connectivity index (χ2v) is 5.85. The number of carboxylic acids is 2. The average molecular weight is 355 g/mol. The van der Waals surface area contributed by atoms with Crippen molar-refractivity contribution >= 4 is 11.9 Å². The molecule has 142 valence electrons. The quantitative estimate of drug-likeness (QED) is 0.542. The molecule has 2 heterocycles. The molecule has 25 heavy (non-hydrogen) atoms. The van der Waals surface area contributed by atoms with Gasteiger partial charge in [-0.2, -0.15) is 0 Å². The van der Waals surface area contributed by atoms with Gasteiger partial charge >= 0.3 is 11.9 Å². The third kappa shape index (κ3) is 8.02. The minimum Gasteiger partial charge on any atom is -0.477 e. The fourth-order valence-electron chi connectivity index (χ4n) is 2.62. The molecule has 0 saturated heterocycles. The molecular formula is C17H29N3O5. The Morgan fingerprint density at radius 1 is 1.20 bits per heavy atom. The van der Waals surface area contributed by atoms with Crippen molar-refractivity contribution in [2.24, 2.45) is 0 Å². The van der Waals surface area contributed by atoms with Crippen molar-refractivity contribution in [3.05, 3.63) is 11.8 Å². The summed E-state index contributed by atoms with van der Waals surface area (Å²) < 4.78 is 7.86. The Labute approximate surface area is 148 Å². The van der Waals surface area contributed by atoms with Gasteiger partial charge in [-0.25, -0.2) is 9.59 Å². The molecule has 0 amide bonds. The predicted molar refractivity (Wildman–Crippen MR) is 93.0 cm³/mol. The van der Waals surface area contributed by atoms with E-state index >= 15 is 0 Å². The number of aliphatic carboxylic acids is 2. The highest BCUT2D eigenvalue weighted by molar-refractivity contribution is 6.27. The lowest BCUT2D eigenvalue weighted by Gasteiger charge is -2.17. The van der Waals surface area contributed by atoms with Crippen molar-refractivity contribution in [2.75, 3.05) is 26.2 Å². The van der Waals surface area contributed by atoms with E-state index in [4.69, 9.17) is 24.5 Å². The number of hydrogen-bond donors (Lipinski definition) is 2. The molecule has 8 nitrogen and oxygen atoms in total. The summed E-state index contributed by atoms with van der Waals surface area (Å²) in [5, 5.41) is 19.3. The van der Waals surface area contributed by atoms with Crippen LogP contribution in [0.2, 0.25) is 0 Å². The number of aryl methyl sites for hydroxylation is 2. The zero-order chi connectivity index (χ0) is 18.7. The minimum absolute atomic E-state index is 0.789. The van der Waals surface area contributed by atoms with E-state index in [1.165, 1.54) is 31.5 Å². The van der Waals surface area contributed by atoms with Crippen LogP contribution in [0.25, 0.3) is 0 Å². The summed E-state index contributed by atoms with van der Waals surface area (Å²) in [7, 11) is 0. The standard InChI is InChI=1S/C15H27N3O.C2H2O4/c1-3-17(4-2)10-7-8-12-19-15-13-14-9-5-6-11-18(14)16-15;3-1(4)2(5)6/h13H,3-12H2,1-2H3;(H,3,4)(H,5,6). The van der Waals surface area contributed by atoms with Crippen LogP contribution in [0.1, 0.15) is 45.2 Å². The van der Waals surface area contributed by atoms with Crippen LogP contribution >= 0.6 is 0 Å². The SMILES string of the molecule is CCN(CC)CCCCOc1cc2n(n1)CCCC2.O=C(O)C(=O)O. The van der Waals surface area contributed by atoms with Crippen molar-refractivity contribution in [3.63, 3.8) is 0 Å². The lowest BCUT2D eigenvalue weighted by Crippen LogP contribution is -2.24. The van der Waals surface area contributed by atoms with E-state index in [0.717, 1.165) is 45.0 Å². The molecule has 0 aliphatic carbocycles. The van der Waals surface area contributed by atoms with Crippen LogP contribution in [0.15, 0.2) is 6.07 Å². The Bertz CT molecular complexity index is 505. The van der Waals surface area contributed by atoms with E-state index in [2.05, 4.69) is 34.6 Å². The molecule has 1 aliphatic rings. The maximum atomic E-state index is 9.10. The molecule has 0 saturated carbocycles. The first-order valence-corrected chi connectivity index (χ1v) is 8.86. The zero-order valence-corrected chi connectivity index (χ0v) is 15.1. The van der Waals surface area contributed by atoms with Crippen molar-refractivity contribution < 1.29 is 24.5 Å². The van der Waals surface area contributed by atoms with Gasteiger partial charge in [0.25, 0.3) is 0 Å². The average Bonchev–Trinajstić information content (AvgIpc) is 3.01. The largest absolute Gasteiger partial charge is 0.477 e. The molecule has 0 atom stereocenters. The highest BCUT2D eigenvalue weighted by Crippen LogP contribution is 2.19. The number of rotatable bonds is 8. The van der Waals surface area contributed by atoms with Gasteiger partial charge in [0.15, 0.2) is 0 Å². The molecule has 1 aliphatic heterocycles. The van der Waals surface area contributed by atoms with Crippen LogP contribution in [-0.4, -0.2) is 63.1 Å². The van der Waals surface area contributed by atoms with Crippen LogP contribution in [0, 0.1) is 0 Å². The molecule has 0 radical (unpaired) electrons. The Kier molecular flexibility index (Phi) is 9.61. The third-order valence-corrected chi connectivity index (χ3v) is 4.09. The predicted octanol–water partition coefficient (Wildman–Crippen LogP) is 1.88. The Morgan fingerprint density at radius 2 is 1.88 bits per heavy atom. The van der Waals surface area contributed by atoms with E-state index in [0.29, 0.717) is 0 Å². The summed E-state index contributed by atoms with van der Waals surface area (Å²) in [5.41, 5.74) is 1.34. The first kappa shape index (κ1) is 21.0. The lowest BCUT2D eigenvalue weighted by atomic mass is 10.1. The highest BCUT2D eigenvalue weighted by atomic mass is 16.5. The molecule has 0 spiro atoms. The van der Waals surface area contributed by atoms with Gasteiger partial charge in [-0.3, -0.25) is 4.68 Å². The van der Waals surface area contributed by atoms with Crippen molar-refractivity contribution in [1.82, 2.24) is 14.7 Å². The number of carbonyl (C=O) groups is 2. The molecule has 8 heteroatoms. The summed E-state index contributed by atoms with van der Waals surface area (Å²) in [4.78, 5) is 20.7. The fourth-order valence-corrected chi connectivity index (χ4v) is 2.62. The Balaban J connectivity index is 0.000000450. The van der Waals surface area contributed by atoms with Gasteiger partial charge < -0.3 is 19.8 Å². The van der Waals surface area contributed by atoms with Gasteiger partial charge in [-0.05, 0) is 51.7 Å². The monoisotopic (exact) mass is 355 g/mol. The summed E-state index contributed by atoms with van der Waals surface area (Å²) in [5.74, 6) is -2.83. The Hall–Kier alpha value is -2.09. The van der Waals surface area contributed by atoms with Crippen LogP contribution < -0.4 is 4.74 Å². The number of hydrogen-bond acceptors (Lipinski definition) is 5. The van der Waals surface area contributed by atoms with E-state index in [9.17, 15) is 0 Å². The normalized spacial score (nSPS) is 12.9. The summed E-state index contributed by atoms with van der Waals surface area (Å²) in [6.45, 7) is 9.75. The second-order valence-electron chi connectivity index (χ2n) is 5.85. The van der Waals surface area contributed by atoms with E-state index in [-0.39, 0.29) is 0 Å². The summed E-state index contributed by atoms with van der Waals surface area (Å²) in [6, 6.07) is 2.11. The highest BCUT2D eigenvalue weighted by Gasteiger charge is 2.12. The molecule has 0 bridgehead atoms. The van der Waals surface area contributed by atoms with E-state index < -0.39 is 11.9 Å².